The highest BCUT2D eigenvalue weighted by Crippen LogP contribution is 1.83. The summed E-state index contributed by atoms with van der Waals surface area (Å²) in [6, 6.07) is 0. The molecule has 0 aliphatic rings. The lowest BCUT2D eigenvalue weighted by atomic mass is 10.3. The maximum absolute atomic E-state index is 8.40. The molecule has 6 N–H and O–H groups in total. The van der Waals surface area contributed by atoms with Crippen LogP contribution in [0.25, 0.3) is 0 Å². The van der Waals surface area contributed by atoms with Gasteiger partial charge in [-0.2, -0.15) is 0 Å². The molecule has 5 nitrogen and oxygen atoms in total. The van der Waals surface area contributed by atoms with Crippen molar-refractivity contribution in [2.45, 2.75) is 25.7 Å². The Morgan fingerprint density at radius 1 is 1.27 bits per heavy atom. The lowest BCUT2D eigenvalue weighted by Gasteiger charge is -2.11. The Morgan fingerprint density at radius 2 is 1.82 bits per heavy atom. The minimum absolute atomic E-state index is 0. The first kappa shape index (κ1) is 13.4. The Hall–Kier alpha value is -0.200. The number of unbranched alkanes of at least 4 members (excludes halogenated alkanes) is 1. The lowest BCUT2D eigenvalue weighted by molar-refractivity contribution is -0.688. The fourth-order valence-electron chi connectivity index (χ4n) is 0.644. The van der Waals surface area contributed by atoms with E-state index in [-0.39, 0.29) is 12.0 Å². The molecular weight excluding hydrogens is 150 g/mol. The second-order valence-electron chi connectivity index (χ2n) is 2.41. The molecule has 0 aromatic carbocycles. The summed E-state index contributed by atoms with van der Waals surface area (Å²) in [6.07, 6.45) is 2.10. The van der Waals surface area contributed by atoms with Crippen molar-refractivity contribution in [3.63, 3.8) is 0 Å². The van der Waals surface area contributed by atoms with E-state index < -0.39 is 5.97 Å². The maximum Gasteiger partial charge on any atom is 0.327 e. The zero-order chi connectivity index (χ0) is 8.04. The Labute approximate surface area is 66.0 Å². The molecule has 0 bridgehead atoms. The topological polar surface area (TPSA) is 107 Å². The molecule has 70 valence electrons. The van der Waals surface area contributed by atoms with Gasteiger partial charge in [0.05, 0.1) is 6.54 Å². The van der Waals surface area contributed by atoms with Crippen LogP contribution in [0.4, 0.5) is 0 Å². The number of nitrogens with two attached hydrogens (primary N) is 1. The van der Waals surface area contributed by atoms with Gasteiger partial charge in [-0.3, -0.25) is 0 Å². The van der Waals surface area contributed by atoms with E-state index >= 15 is 0 Å². The van der Waals surface area contributed by atoms with Gasteiger partial charge in [-0.1, -0.05) is 13.3 Å². The monoisotopic (exact) mass is 167 g/mol. The molecule has 5 heteroatoms. The molecular formula is C6H17NO4. The van der Waals surface area contributed by atoms with Crippen LogP contribution in [0.15, 0.2) is 0 Å². The highest BCUT2D eigenvalue weighted by atomic mass is 16.7. The molecule has 0 spiro atoms. The van der Waals surface area contributed by atoms with Crippen LogP contribution in [0.2, 0.25) is 0 Å². The number of rotatable bonds is 5. The molecule has 0 aliphatic carbocycles. The van der Waals surface area contributed by atoms with Crippen molar-refractivity contribution in [1.29, 1.82) is 0 Å². The molecule has 0 aliphatic heterocycles. The quantitative estimate of drug-likeness (QED) is 0.275. The van der Waals surface area contributed by atoms with E-state index in [0.717, 1.165) is 19.4 Å². The van der Waals surface area contributed by atoms with Crippen LogP contribution in [-0.2, 0) is 0 Å². The summed E-state index contributed by atoms with van der Waals surface area (Å²) in [7, 11) is 0. The molecule has 0 saturated carbocycles. The predicted octanol–water partition coefficient (Wildman–Crippen LogP) is -2.20. The fraction of sp³-hybridized carbons (Fsp3) is 1.00. The summed E-state index contributed by atoms with van der Waals surface area (Å²) >= 11 is 0. The van der Waals surface area contributed by atoms with Gasteiger partial charge in [-0.05, 0) is 6.42 Å². The van der Waals surface area contributed by atoms with Crippen LogP contribution in [0.3, 0.4) is 0 Å². The van der Waals surface area contributed by atoms with Crippen molar-refractivity contribution < 1.29 is 26.1 Å². The number of hydrogen-bond acceptors (Lipinski definition) is 4. The predicted molar refractivity (Wildman–Crippen MR) is 37.9 cm³/mol. The van der Waals surface area contributed by atoms with Crippen molar-refractivity contribution in [3.05, 3.63) is 0 Å². The van der Waals surface area contributed by atoms with Crippen molar-refractivity contribution in [1.82, 2.24) is 0 Å². The van der Waals surface area contributed by atoms with Crippen LogP contribution in [-0.4, -0.2) is 39.9 Å². The van der Waals surface area contributed by atoms with E-state index in [9.17, 15) is 0 Å². The van der Waals surface area contributed by atoms with Crippen molar-refractivity contribution in [2.24, 2.45) is 0 Å². The van der Waals surface area contributed by atoms with E-state index in [0.29, 0.717) is 0 Å². The van der Waals surface area contributed by atoms with Gasteiger partial charge < -0.3 is 26.1 Å². The Kier molecular flexibility index (Phi) is 7.92. The van der Waals surface area contributed by atoms with E-state index in [1.807, 2.05) is 0 Å². The van der Waals surface area contributed by atoms with E-state index in [1.165, 1.54) is 0 Å². The fourth-order valence-corrected chi connectivity index (χ4v) is 0.644. The second-order valence-corrected chi connectivity index (χ2v) is 2.41. The zero-order valence-electron chi connectivity index (χ0n) is 6.69. The first-order chi connectivity index (χ1) is 4.56. The Bertz CT molecular complexity index is 81.1. The first-order valence-corrected chi connectivity index (χ1v) is 3.55. The molecule has 0 saturated heterocycles. The summed E-state index contributed by atoms with van der Waals surface area (Å²) in [5.74, 6) is -2.51. The van der Waals surface area contributed by atoms with Crippen molar-refractivity contribution >= 4 is 0 Å². The van der Waals surface area contributed by atoms with Crippen molar-refractivity contribution in [3.8, 4) is 0 Å². The Morgan fingerprint density at radius 3 is 2.18 bits per heavy atom. The third-order valence-corrected chi connectivity index (χ3v) is 1.18. The van der Waals surface area contributed by atoms with E-state index in [1.54, 1.807) is 5.32 Å². The summed E-state index contributed by atoms with van der Waals surface area (Å²) in [6.45, 7) is 2.80. The largest absolute Gasteiger partial charge is 0.870 e. The smallest absolute Gasteiger partial charge is 0.327 e. The molecule has 0 heterocycles. The third-order valence-electron chi connectivity index (χ3n) is 1.18. The standard InChI is InChI=1S/C6H15NO3.H2O/c1-2-3-4-7-5-6(8,9)10;/h7-10H,2-5H2,1H3;1H2. The van der Waals surface area contributed by atoms with Crippen LogP contribution in [0, 0.1) is 0 Å². The SMILES string of the molecule is CCCC[NH2+]CC(O)(O)O.[OH-]. The van der Waals surface area contributed by atoms with Crippen LogP contribution >= 0.6 is 0 Å². The summed E-state index contributed by atoms with van der Waals surface area (Å²) in [5.41, 5.74) is 0. The van der Waals surface area contributed by atoms with Gasteiger partial charge in [0.2, 0.25) is 0 Å². The molecule has 0 radical (unpaired) electrons. The number of quaternary nitrogens is 1. The highest BCUT2D eigenvalue weighted by molar-refractivity contribution is 4.37. The number of hydrogen-bond donors (Lipinski definition) is 4. The third kappa shape index (κ3) is 12.9. The molecule has 0 rings (SSSR count). The maximum atomic E-state index is 8.40. The molecule has 0 aromatic rings. The van der Waals surface area contributed by atoms with Gasteiger partial charge in [0.25, 0.3) is 0 Å². The first-order valence-electron chi connectivity index (χ1n) is 3.55. The van der Waals surface area contributed by atoms with Gasteiger partial charge in [-0.15, -0.1) is 0 Å². The lowest BCUT2D eigenvalue weighted by Crippen LogP contribution is -2.88. The summed E-state index contributed by atoms with van der Waals surface area (Å²) in [4.78, 5) is 0. The summed E-state index contributed by atoms with van der Waals surface area (Å²) < 4.78 is 0. The highest BCUT2D eigenvalue weighted by Gasteiger charge is 2.19. The van der Waals surface area contributed by atoms with Gasteiger partial charge in [0.15, 0.2) is 6.54 Å². The molecule has 11 heavy (non-hydrogen) atoms. The van der Waals surface area contributed by atoms with Crippen LogP contribution in [0.1, 0.15) is 19.8 Å². The Balaban J connectivity index is 0. The molecule has 0 atom stereocenters. The minimum Gasteiger partial charge on any atom is -0.870 e. The zero-order valence-corrected chi connectivity index (χ0v) is 6.69. The van der Waals surface area contributed by atoms with Crippen molar-refractivity contribution in [2.75, 3.05) is 13.1 Å². The van der Waals surface area contributed by atoms with Crippen LogP contribution in [0.5, 0.6) is 0 Å². The molecule has 0 aromatic heterocycles. The van der Waals surface area contributed by atoms with Gasteiger partial charge in [0.1, 0.15) is 0 Å². The van der Waals surface area contributed by atoms with Crippen LogP contribution < -0.4 is 5.32 Å². The summed E-state index contributed by atoms with van der Waals surface area (Å²) in [5, 5.41) is 26.9. The van der Waals surface area contributed by atoms with E-state index in [4.69, 9.17) is 15.3 Å². The second kappa shape index (κ2) is 6.51. The molecule has 0 amide bonds. The minimum atomic E-state index is -2.51. The molecule has 0 unspecified atom stereocenters. The average Bonchev–Trinajstić information content (AvgIpc) is 1.78. The average molecular weight is 167 g/mol. The molecule has 0 fully saturated rings. The number of aliphatic hydroxyl groups is 3. The van der Waals surface area contributed by atoms with E-state index in [2.05, 4.69) is 6.92 Å². The van der Waals surface area contributed by atoms with Gasteiger partial charge in [0, 0.05) is 0 Å². The van der Waals surface area contributed by atoms with Gasteiger partial charge in [-0.25, -0.2) is 0 Å². The van der Waals surface area contributed by atoms with Gasteiger partial charge >= 0.3 is 5.97 Å². The normalized spacial score (nSPS) is 10.9.